The van der Waals surface area contributed by atoms with Gasteiger partial charge in [-0.2, -0.15) is 5.26 Å². The Hall–Kier alpha value is -2.18. The molecule has 0 saturated carbocycles. The molecule has 2 aromatic carbocycles. The molecule has 2 aromatic rings. The van der Waals surface area contributed by atoms with Crippen molar-refractivity contribution < 1.29 is 4.74 Å². The number of ether oxygens (including phenoxy) is 1. The van der Waals surface area contributed by atoms with E-state index in [1.807, 2.05) is 36.4 Å². The number of benzene rings is 2. The van der Waals surface area contributed by atoms with Crippen molar-refractivity contribution in [1.29, 1.82) is 5.26 Å². The SMILES string of the molecule is N#Cc1cc(OCc2ccccc2)c(Cl)cc1N. The first-order chi connectivity index (χ1) is 8.70. The lowest BCUT2D eigenvalue weighted by Crippen LogP contribution is -1.98. The third-order valence-electron chi connectivity index (χ3n) is 2.46. The molecule has 0 saturated heterocycles. The third-order valence-corrected chi connectivity index (χ3v) is 2.76. The van der Waals surface area contributed by atoms with E-state index in [0.29, 0.717) is 28.6 Å². The van der Waals surface area contributed by atoms with Gasteiger partial charge in [0.25, 0.3) is 0 Å². The molecule has 4 heteroatoms. The largest absolute Gasteiger partial charge is 0.487 e. The molecule has 0 fully saturated rings. The van der Waals surface area contributed by atoms with Gasteiger partial charge in [-0.05, 0) is 11.6 Å². The van der Waals surface area contributed by atoms with Crippen molar-refractivity contribution in [1.82, 2.24) is 0 Å². The first kappa shape index (κ1) is 12.3. The summed E-state index contributed by atoms with van der Waals surface area (Å²) in [5.74, 6) is 0.464. The van der Waals surface area contributed by atoms with E-state index in [-0.39, 0.29) is 0 Å². The Morgan fingerprint density at radius 2 is 1.94 bits per heavy atom. The summed E-state index contributed by atoms with van der Waals surface area (Å²) in [6, 6.07) is 14.8. The van der Waals surface area contributed by atoms with Gasteiger partial charge < -0.3 is 10.5 Å². The Kier molecular flexibility index (Phi) is 3.71. The molecule has 0 radical (unpaired) electrons. The second kappa shape index (κ2) is 5.44. The fourth-order valence-corrected chi connectivity index (χ4v) is 1.74. The van der Waals surface area contributed by atoms with Gasteiger partial charge in [0.1, 0.15) is 18.4 Å². The van der Waals surface area contributed by atoms with Crippen molar-refractivity contribution in [3.05, 3.63) is 58.6 Å². The zero-order chi connectivity index (χ0) is 13.0. The van der Waals surface area contributed by atoms with Crippen molar-refractivity contribution in [2.75, 3.05) is 5.73 Å². The quantitative estimate of drug-likeness (QED) is 0.859. The van der Waals surface area contributed by atoms with Crippen LogP contribution in [0.4, 0.5) is 5.69 Å². The molecule has 0 aliphatic carbocycles. The molecule has 0 heterocycles. The number of nitrogens with zero attached hydrogens (tertiary/aromatic N) is 1. The lowest BCUT2D eigenvalue weighted by molar-refractivity contribution is 0.306. The van der Waals surface area contributed by atoms with Crippen LogP contribution in [0.25, 0.3) is 0 Å². The van der Waals surface area contributed by atoms with Gasteiger partial charge >= 0.3 is 0 Å². The molecular formula is C14H11ClN2O. The van der Waals surface area contributed by atoms with Crippen LogP contribution in [0, 0.1) is 11.3 Å². The molecule has 0 aliphatic rings. The predicted octanol–water partition coefficient (Wildman–Crippen LogP) is 3.37. The second-order valence-electron chi connectivity index (χ2n) is 3.76. The molecule has 3 nitrogen and oxygen atoms in total. The fourth-order valence-electron chi connectivity index (χ4n) is 1.51. The Bertz CT molecular complexity index is 591. The second-order valence-corrected chi connectivity index (χ2v) is 4.16. The van der Waals surface area contributed by atoms with E-state index in [1.54, 1.807) is 6.07 Å². The average molecular weight is 259 g/mol. The van der Waals surface area contributed by atoms with Gasteiger partial charge in [-0.1, -0.05) is 41.9 Å². The molecule has 0 amide bonds. The molecule has 0 aliphatic heterocycles. The Morgan fingerprint density at radius 1 is 1.22 bits per heavy atom. The van der Waals surface area contributed by atoms with Crippen LogP contribution >= 0.6 is 11.6 Å². The van der Waals surface area contributed by atoms with Crippen molar-refractivity contribution >= 4 is 17.3 Å². The number of nitrogens with two attached hydrogens (primary N) is 1. The number of nitriles is 1. The molecule has 0 unspecified atom stereocenters. The fraction of sp³-hybridized carbons (Fsp3) is 0.0714. The lowest BCUT2D eigenvalue weighted by Gasteiger charge is -2.09. The van der Waals surface area contributed by atoms with Crippen LogP contribution in [0.15, 0.2) is 42.5 Å². The van der Waals surface area contributed by atoms with E-state index < -0.39 is 0 Å². The summed E-state index contributed by atoms with van der Waals surface area (Å²) < 4.78 is 5.58. The van der Waals surface area contributed by atoms with Gasteiger partial charge in [-0.15, -0.1) is 0 Å². The Morgan fingerprint density at radius 3 is 2.61 bits per heavy atom. The number of hydrogen-bond acceptors (Lipinski definition) is 3. The molecule has 0 bridgehead atoms. The van der Waals surface area contributed by atoms with Crippen LogP contribution in [-0.4, -0.2) is 0 Å². The number of nitrogen functional groups attached to an aromatic ring is 1. The van der Waals surface area contributed by atoms with Crippen LogP contribution in [-0.2, 0) is 6.61 Å². The number of anilines is 1. The normalized spacial score (nSPS) is 9.78. The lowest BCUT2D eigenvalue weighted by atomic mass is 10.2. The molecule has 90 valence electrons. The van der Waals surface area contributed by atoms with Crippen LogP contribution in [0.3, 0.4) is 0 Å². The van der Waals surface area contributed by atoms with Crippen molar-refractivity contribution in [2.45, 2.75) is 6.61 Å². The van der Waals surface area contributed by atoms with E-state index in [4.69, 9.17) is 27.3 Å². The Balaban J connectivity index is 2.17. The maximum atomic E-state index is 8.89. The van der Waals surface area contributed by atoms with Gasteiger partial charge in [-0.3, -0.25) is 0 Å². The predicted molar refractivity (Wildman–Crippen MR) is 71.4 cm³/mol. The van der Waals surface area contributed by atoms with Gasteiger partial charge in [0.15, 0.2) is 0 Å². The topological polar surface area (TPSA) is 59.0 Å². The number of hydrogen-bond donors (Lipinski definition) is 1. The molecular weight excluding hydrogens is 248 g/mol. The summed E-state index contributed by atoms with van der Waals surface area (Å²) in [5.41, 5.74) is 7.40. The zero-order valence-corrected chi connectivity index (χ0v) is 10.3. The third kappa shape index (κ3) is 2.73. The molecule has 0 atom stereocenters. The van der Waals surface area contributed by atoms with Gasteiger partial charge in [0.2, 0.25) is 0 Å². The van der Waals surface area contributed by atoms with Crippen molar-refractivity contribution in [3.63, 3.8) is 0 Å². The summed E-state index contributed by atoms with van der Waals surface area (Å²) in [5, 5.41) is 9.30. The number of halogens is 1. The van der Waals surface area contributed by atoms with E-state index in [2.05, 4.69) is 0 Å². The summed E-state index contributed by atoms with van der Waals surface area (Å²) in [4.78, 5) is 0. The van der Waals surface area contributed by atoms with Crippen molar-refractivity contribution in [2.24, 2.45) is 0 Å². The van der Waals surface area contributed by atoms with Gasteiger partial charge in [0, 0.05) is 6.07 Å². The highest BCUT2D eigenvalue weighted by molar-refractivity contribution is 6.32. The summed E-state index contributed by atoms with van der Waals surface area (Å²) in [6.45, 7) is 0.398. The van der Waals surface area contributed by atoms with Crippen LogP contribution in [0.2, 0.25) is 5.02 Å². The Labute approximate surface area is 110 Å². The molecule has 0 aromatic heterocycles. The first-order valence-electron chi connectivity index (χ1n) is 5.36. The molecule has 0 spiro atoms. The van der Waals surface area contributed by atoms with Crippen LogP contribution < -0.4 is 10.5 Å². The first-order valence-corrected chi connectivity index (χ1v) is 5.74. The van der Waals surface area contributed by atoms with E-state index in [9.17, 15) is 0 Å². The maximum absolute atomic E-state index is 8.89. The highest BCUT2D eigenvalue weighted by Crippen LogP contribution is 2.30. The van der Waals surface area contributed by atoms with Crippen molar-refractivity contribution in [3.8, 4) is 11.8 Å². The van der Waals surface area contributed by atoms with E-state index in [0.717, 1.165) is 5.56 Å². The van der Waals surface area contributed by atoms with Crippen LogP contribution in [0.1, 0.15) is 11.1 Å². The summed E-state index contributed by atoms with van der Waals surface area (Å²) in [6.07, 6.45) is 0. The van der Waals surface area contributed by atoms with Gasteiger partial charge in [-0.25, -0.2) is 0 Å². The van der Waals surface area contributed by atoms with E-state index >= 15 is 0 Å². The average Bonchev–Trinajstić information content (AvgIpc) is 2.39. The molecule has 2 N–H and O–H groups in total. The summed E-state index contributed by atoms with van der Waals surface area (Å²) in [7, 11) is 0. The number of rotatable bonds is 3. The minimum absolute atomic E-state index is 0.356. The highest BCUT2D eigenvalue weighted by atomic mass is 35.5. The monoisotopic (exact) mass is 258 g/mol. The standard InChI is InChI=1S/C14H11ClN2O/c15-12-7-13(17)11(8-16)6-14(12)18-9-10-4-2-1-3-5-10/h1-7H,9,17H2. The summed E-state index contributed by atoms with van der Waals surface area (Å²) >= 11 is 6.01. The minimum Gasteiger partial charge on any atom is -0.487 e. The molecule has 2 rings (SSSR count). The highest BCUT2D eigenvalue weighted by Gasteiger charge is 2.07. The molecule has 18 heavy (non-hydrogen) atoms. The zero-order valence-electron chi connectivity index (χ0n) is 9.56. The van der Waals surface area contributed by atoms with Gasteiger partial charge in [0.05, 0.1) is 16.3 Å². The maximum Gasteiger partial charge on any atom is 0.139 e. The minimum atomic E-state index is 0.356. The smallest absolute Gasteiger partial charge is 0.139 e. The van der Waals surface area contributed by atoms with E-state index in [1.165, 1.54) is 6.07 Å². The van der Waals surface area contributed by atoms with Crippen LogP contribution in [0.5, 0.6) is 5.75 Å².